The Morgan fingerprint density at radius 1 is 0.919 bits per heavy atom. The van der Waals surface area contributed by atoms with Gasteiger partial charge in [0.2, 0.25) is 17.7 Å². The lowest BCUT2D eigenvalue weighted by atomic mass is 9.93. The summed E-state index contributed by atoms with van der Waals surface area (Å²) in [6.07, 6.45) is 4.34. The predicted octanol–water partition coefficient (Wildman–Crippen LogP) is 5.37. The van der Waals surface area contributed by atoms with Crippen LogP contribution in [0.5, 0.6) is 5.75 Å². The fraction of sp³-hybridized carbons (Fsp3) is 0.391. The second-order valence-electron chi connectivity index (χ2n) is 16.3. The number of anilines is 1. The number of aryl methyl sites for hydroxylation is 1. The zero-order chi connectivity index (χ0) is 42.9. The number of carbonyl (C=O) groups is 4. The van der Waals surface area contributed by atoms with Gasteiger partial charge in [-0.2, -0.15) is 0 Å². The molecular formula is C46H49N7O8S. The average molecular weight is 860 g/mol. The van der Waals surface area contributed by atoms with Gasteiger partial charge in [-0.1, -0.05) is 12.1 Å². The van der Waals surface area contributed by atoms with Gasteiger partial charge in [-0.3, -0.25) is 33.6 Å². The lowest BCUT2D eigenvalue weighted by Crippen LogP contribution is -2.44. The maximum absolute atomic E-state index is 13.2. The fourth-order valence-electron chi connectivity index (χ4n) is 8.90. The van der Waals surface area contributed by atoms with Crippen molar-refractivity contribution in [3.05, 3.63) is 87.7 Å². The molecule has 62 heavy (non-hydrogen) atoms. The summed E-state index contributed by atoms with van der Waals surface area (Å²) in [6.45, 7) is 3.55. The van der Waals surface area contributed by atoms with Crippen molar-refractivity contribution < 1.29 is 33.4 Å². The molecule has 0 radical (unpaired) electrons. The molecule has 3 aromatic heterocycles. The van der Waals surface area contributed by atoms with Crippen molar-refractivity contribution in [1.82, 2.24) is 30.1 Å². The first kappa shape index (κ1) is 41.3. The Bertz CT molecular complexity index is 2750. The Hall–Kier alpha value is -6.10. The quantitative estimate of drug-likeness (QED) is 0.0870. The number of imidazole rings is 1. The number of ether oxygens (including phenoxy) is 3. The van der Waals surface area contributed by atoms with Gasteiger partial charge in [-0.25, -0.2) is 9.78 Å². The van der Waals surface area contributed by atoms with Gasteiger partial charge in [0, 0.05) is 53.1 Å². The summed E-state index contributed by atoms with van der Waals surface area (Å²) in [5, 5.41) is 14.0. The Morgan fingerprint density at radius 3 is 2.53 bits per heavy atom. The number of para-hydroxylation sites is 1. The van der Waals surface area contributed by atoms with Crippen LogP contribution in [0.3, 0.4) is 0 Å². The highest BCUT2D eigenvalue weighted by molar-refractivity contribution is 7.21. The molecule has 322 valence electrons. The summed E-state index contributed by atoms with van der Waals surface area (Å²) in [6, 6.07) is 21.2. The molecule has 3 aromatic carbocycles. The van der Waals surface area contributed by atoms with Crippen LogP contribution in [0.4, 0.5) is 5.69 Å². The molecule has 0 bridgehead atoms. The van der Waals surface area contributed by atoms with E-state index in [2.05, 4.69) is 27.3 Å². The van der Waals surface area contributed by atoms with Crippen molar-refractivity contribution in [3.8, 4) is 17.0 Å². The van der Waals surface area contributed by atoms with E-state index in [4.69, 9.17) is 19.2 Å². The van der Waals surface area contributed by atoms with Gasteiger partial charge < -0.3 is 30.2 Å². The molecule has 2 fully saturated rings. The number of thiophene rings is 1. The van der Waals surface area contributed by atoms with Crippen molar-refractivity contribution in [2.45, 2.75) is 76.1 Å². The number of carbonyl (C=O) groups excluding carboxylic acids is 4. The number of nitrogens with one attached hydrogen (secondary N) is 4. The predicted molar refractivity (Wildman–Crippen MR) is 237 cm³/mol. The van der Waals surface area contributed by atoms with E-state index in [0.717, 1.165) is 80.4 Å². The summed E-state index contributed by atoms with van der Waals surface area (Å²) in [5.74, 6) is -0.196. The Balaban J connectivity index is 0.693. The largest absolute Gasteiger partial charge is 0.490 e. The molecule has 4 amide bonds. The third-order valence-corrected chi connectivity index (χ3v) is 13.2. The average Bonchev–Trinajstić information content (AvgIpc) is 3.72. The van der Waals surface area contributed by atoms with Crippen LogP contribution in [0.25, 0.3) is 43.3 Å². The van der Waals surface area contributed by atoms with E-state index < -0.39 is 11.9 Å². The molecule has 6 aromatic rings. The molecule has 3 aliphatic rings. The summed E-state index contributed by atoms with van der Waals surface area (Å²) in [5.41, 5.74) is 5.57. The number of piperidine rings is 1. The highest BCUT2D eigenvalue weighted by atomic mass is 32.1. The van der Waals surface area contributed by atoms with Crippen LogP contribution in [0.15, 0.2) is 71.5 Å². The third kappa shape index (κ3) is 8.41. The minimum Gasteiger partial charge on any atom is -0.490 e. The number of hydrogen-bond donors (Lipinski definition) is 4. The summed E-state index contributed by atoms with van der Waals surface area (Å²) >= 11 is 1.50. The molecule has 1 aliphatic carbocycles. The first-order valence-electron chi connectivity index (χ1n) is 21.3. The normalized spacial score (nSPS) is 20.4. The number of aromatic nitrogens is 3. The van der Waals surface area contributed by atoms with Crippen molar-refractivity contribution in [1.29, 1.82) is 0 Å². The van der Waals surface area contributed by atoms with E-state index in [-0.39, 0.29) is 67.7 Å². The van der Waals surface area contributed by atoms with Gasteiger partial charge in [0.05, 0.1) is 53.9 Å². The number of fused-ring (bicyclic) bond motifs is 6. The minimum atomic E-state index is -0.738. The van der Waals surface area contributed by atoms with Gasteiger partial charge in [0.1, 0.15) is 23.3 Å². The maximum Gasteiger partial charge on any atom is 0.329 e. The zero-order valence-electron chi connectivity index (χ0n) is 34.7. The van der Waals surface area contributed by atoms with E-state index in [9.17, 15) is 24.0 Å². The summed E-state index contributed by atoms with van der Waals surface area (Å²) in [4.78, 5) is 68.6. The second kappa shape index (κ2) is 17.7. The zero-order valence-corrected chi connectivity index (χ0v) is 35.5. The maximum atomic E-state index is 13.2. The van der Waals surface area contributed by atoms with E-state index in [1.165, 1.54) is 20.5 Å². The second-order valence-corrected chi connectivity index (χ2v) is 17.4. The van der Waals surface area contributed by atoms with Crippen LogP contribution < -0.4 is 31.7 Å². The first-order valence-corrected chi connectivity index (χ1v) is 22.1. The third-order valence-electron chi connectivity index (χ3n) is 12.0. The van der Waals surface area contributed by atoms with Crippen molar-refractivity contribution >= 4 is 72.7 Å². The van der Waals surface area contributed by atoms with Gasteiger partial charge >= 0.3 is 5.69 Å². The van der Waals surface area contributed by atoms with Gasteiger partial charge in [0.15, 0.2) is 0 Å². The number of imide groups is 1. The molecule has 9 rings (SSSR count). The Morgan fingerprint density at radius 2 is 1.73 bits per heavy atom. The van der Waals surface area contributed by atoms with Crippen LogP contribution in [0.2, 0.25) is 0 Å². The SMILES string of the molecule is C[C@@H]1CNc2c(sc3ccc4nc(-c5ccc(OC6CCC(NC(=O)COCCOCCc7cccc8c7n(C)c(=O)n8C7CCC(=O)NC7=O)CC6)cc5)ccc4c23)C(=O)N1. The molecule has 2 atom stereocenters. The standard InChI is InChI=1S/C46H49N7O8S/c1-26-24-47-41-40-32-14-15-33(50-34(32)16-18-37(40)62-43(41)45(57)48-26)27-6-10-30(11-7-27)61-31-12-8-29(9-13-31)49-39(55)25-60-23-22-59-21-20-28-4-3-5-35-42(28)52(2)46(58)53(35)36-17-19-38(54)51-44(36)56/h3-7,10-11,14-16,18,26,29,31,36,47H,8-9,12-13,17,19-25H2,1-2H3,(H,48,57)(H,49,55)(H,51,54,56)/t26-,29?,31?,36?/m1/s1. The number of benzene rings is 3. The fourth-order valence-corrected chi connectivity index (χ4v) is 9.99. The summed E-state index contributed by atoms with van der Waals surface area (Å²) in [7, 11) is 1.68. The monoisotopic (exact) mass is 859 g/mol. The van der Waals surface area contributed by atoms with Crippen LogP contribution in [-0.2, 0) is 37.3 Å². The van der Waals surface area contributed by atoms with Crippen molar-refractivity contribution in [2.24, 2.45) is 7.05 Å². The number of rotatable bonds is 13. The van der Waals surface area contributed by atoms with Crippen molar-refractivity contribution in [3.63, 3.8) is 0 Å². The first-order chi connectivity index (χ1) is 30.1. The molecule has 4 N–H and O–H groups in total. The number of hydrogen-bond acceptors (Lipinski definition) is 11. The topological polar surface area (TPSA) is 184 Å². The van der Waals surface area contributed by atoms with Crippen molar-refractivity contribution in [2.75, 3.05) is 38.3 Å². The van der Waals surface area contributed by atoms with Crippen LogP contribution in [0.1, 0.15) is 66.7 Å². The number of nitrogens with zero attached hydrogens (tertiary/aromatic N) is 3. The molecule has 1 unspecified atom stereocenters. The van der Waals surface area contributed by atoms with Crippen LogP contribution in [-0.4, -0.2) is 88.9 Å². The highest BCUT2D eigenvalue weighted by Crippen LogP contribution is 2.41. The molecular weight excluding hydrogens is 811 g/mol. The molecule has 5 heterocycles. The Kier molecular flexibility index (Phi) is 11.8. The highest BCUT2D eigenvalue weighted by Gasteiger charge is 2.32. The Labute approximate surface area is 361 Å². The van der Waals surface area contributed by atoms with Gasteiger partial charge in [0.25, 0.3) is 5.91 Å². The van der Waals surface area contributed by atoms with Gasteiger partial charge in [-0.15, -0.1) is 11.3 Å². The number of pyridine rings is 1. The smallest absolute Gasteiger partial charge is 0.329 e. The van der Waals surface area contributed by atoms with E-state index >= 15 is 0 Å². The van der Waals surface area contributed by atoms with Crippen LogP contribution >= 0.6 is 11.3 Å². The molecule has 1 saturated carbocycles. The van der Waals surface area contributed by atoms with E-state index in [1.54, 1.807) is 7.05 Å². The molecule has 2 aliphatic heterocycles. The molecule has 16 heteroatoms. The number of amides is 4. The molecule has 1 saturated heterocycles. The summed E-state index contributed by atoms with van der Waals surface area (Å²) < 4.78 is 21.8. The molecule has 15 nitrogen and oxygen atoms in total. The lowest BCUT2D eigenvalue weighted by molar-refractivity contribution is -0.135. The van der Waals surface area contributed by atoms with Crippen LogP contribution in [0, 0.1) is 0 Å². The molecule has 0 spiro atoms. The van der Waals surface area contributed by atoms with Gasteiger partial charge in [-0.05, 0) is 106 Å². The lowest BCUT2D eigenvalue weighted by Gasteiger charge is -2.29. The van der Waals surface area contributed by atoms with E-state index in [0.29, 0.717) is 36.6 Å². The van der Waals surface area contributed by atoms with E-state index in [1.807, 2.05) is 67.6 Å². The minimum absolute atomic E-state index is 0.0411.